The Labute approximate surface area is 96.9 Å². The number of hydrogen-bond acceptors (Lipinski definition) is 1. The van der Waals surface area contributed by atoms with Gasteiger partial charge in [-0.25, -0.2) is 0 Å². The summed E-state index contributed by atoms with van der Waals surface area (Å²) in [6.45, 7) is 12.2. The van der Waals surface area contributed by atoms with Crippen molar-refractivity contribution in [3.8, 4) is 0 Å². The van der Waals surface area contributed by atoms with Gasteiger partial charge in [0.05, 0.1) is 6.10 Å². The molecule has 1 rings (SSSR count). The monoisotopic (exact) mass is 228 g/mol. The first-order valence-corrected chi connectivity index (χ1v) is 9.48. The molecule has 0 saturated heterocycles. The van der Waals surface area contributed by atoms with Gasteiger partial charge in [0, 0.05) is 8.80 Å². The van der Waals surface area contributed by atoms with Gasteiger partial charge in [-0.2, -0.15) is 0 Å². The Morgan fingerprint density at radius 1 is 1.07 bits per heavy atom. The highest BCUT2D eigenvalue weighted by Crippen LogP contribution is 2.45. The predicted molar refractivity (Wildman–Crippen MR) is 70.0 cm³/mol. The van der Waals surface area contributed by atoms with Crippen molar-refractivity contribution in [3.63, 3.8) is 0 Å². The summed E-state index contributed by atoms with van der Waals surface area (Å²) in [5.74, 6) is 0.889. The van der Waals surface area contributed by atoms with Crippen LogP contribution in [0.2, 0.25) is 18.6 Å². The van der Waals surface area contributed by atoms with Gasteiger partial charge in [-0.3, -0.25) is 0 Å². The first-order valence-electron chi connectivity index (χ1n) is 6.50. The van der Waals surface area contributed by atoms with Crippen LogP contribution in [0.5, 0.6) is 0 Å². The normalized spacial score (nSPS) is 30.6. The van der Waals surface area contributed by atoms with Gasteiger partial charge in [-0.1, -0.05) is 33.9 Å². The smallest absolute Gasteiger partial charge is 0.0540 e. The van der Waals surface area contributed by atoms with Crippen LogP contribution in [0.3, 0.4) is 0 Å². The maximum Gasteiger partial charge on any atom is 0.0540 e. The molecule has 0 aromatic rings. The van der Waals surface area contributed by atoms with E-state index in [1.165, 1.54) is 12.8 Å². The Hall–Kier alpha value is 0.177. The molecule has 1 unspecified atom stereocenters. The molecule has 0 aliphatic heterocycles. The Morgan fingerprint density at radius 2 is 1.53 bits per heavy atom. The molecule has 1 aliphatic carbocycles. The van der Waals surface area contributed by atoms with Crippen molar-refractivity contribution in [2.24, 2.45) is 11.3 Å². The molecule has 1 fully saturated rings. The maximum atomic E-state index is 9.56. The zero-order chi connectivity index (χ0) is 11.6. The minimum atomic E-state index is -0.586. The summed E-state index contributed by atoms with van der Waals surface area (Å²) in [6.07, 6.45) is 4.59. The van der Waals surface area contributed by atoms with Gasteiger partial charge in [-0.15, -0.1) is 0 Å². The predicted octanol–water partition coefficient (Wildman–Crippen LogP) is 3.44. The summed E-state index contributed by atoms with van der Waals surface area (Å²) in [5.41, 5.74) is 1.40. The molecule has 1 nitrogen and oxygen atoms in total. The van der Waals surface area contributed by atoms with E-state index < -0.39 is 8.80 Å². The van der Waals surface area contributed by atoms with Crippen LogP contribution >= 0.6 is 0 Å². The van der Waals surface area contributed by atoms with E-state index in [0.717, 1.165) is 24.3 Å². The van der Waals surface area contributed by atoms with E-state index in [9.17, 15) is 5.11 Å². The fourth-order valence-corrected chi connectivity index (χ4v) is 7.19. The van der Waals surface area contributed by atoms with E-state index in [1.54, 1.807) is 0 Å². The van der Waals surface area contributed by atoms with E-state index in [0.29, 0.717) is 5.41 Å². The molecular weight excluding hydrogens is 200 g/mol. The molecule has 0 bridgehead atoms. The molecule has 0 amide bonds. The summed E-state index contributed by atoms with van der Waals surface area (Å²) in [4.78, 5) is 0. The molecule has 0 aromatic heterocycles. The van der Waals surface area contributed by atoms with E-state index in [-0.39, 0.29) is 6.10 Å². The third-order valence-electron chi connectivity index (χ3n) is 3.97. The van der Waals surface area contributed by atoms with E-state index in [4.69, 9.17) is 0 Å². The third-order valence-corrected chi connectivity index (χ3v) is 6.95. The molecule has 1 atom stereocenters. The van der Waals surface area contributed by atoms with Gasteiger partial charge in [0.1, 0.15) is 0 Å². The van der Waals surface area contributed by atoms with Crippen LogP contribution < -0.4 is 0 Å². The van der Waals surface area contributed by atoms with Crippen molar-refractivity contribution >= 4 is 8.80 Å². The highest BCUT2D eigenvalue weighted by Gasteiger charge is 2.36. The van der Waals surface area contributed by atoms with Crippen LogP contribution in [0.15, 0.2) is 0 Å². The van der Waals surface area contributed by atoms with Crippen LogP contribution in [-0.4, -0.2) is 20.0 Å². The largest absolute Gasteiger partial charge is 0.393 e. The topological polar surface area (TPSA) is 20.2 Å². The van der Waals surface area contributed by atoms with Crippen molar-refractivity contribution in [2.45, 2.75) is 71.2 Å². The van der Waals surface area contributed by atoms with E-state index in [1.807, 2.05) is 0 Å². The summed E-state index contributed by atoms with van der Waals surface area (Å²) in [5, 5.41) is 9.56. The van der Waals surface area contributed by atoms with Gasteiger partial charge in [0.15, 0.2) is 0 Å². The molecule has 0 heterocycles. The Bertz CT molecular complexity index is 187. The summed E-state index contributed by atoms with van der Waals surface area (Å²) in [7, 11) is -0.586. The first-order chi connectivity index (χ1) is 6.82. The molecule has 0 radical (unpaired) electrons. The van der Waals surface area contributed by atoms with Gasteiger partial charge < -0.3 is 5.11 Å². The summed E-state index contributed by atoms with van der Waals surface area (Å²) >= 11 is 0. The lowest BCUT2D eigenvalue weighted by molar-refractivity contribution is 0.0952. The van der Waals surface area contributed by atoms with Crippen LogP contribution in [0, 0.1) is 11.3 Å². The number of rotatable bonds is 2. The maximum absolute atomic E-state index is 9.56. The van der Waals surface area contributed by atoms with Crippen LogP contribution in [0.25, 0.3) is 0 Å². The van der Waals surface area contributed by atoms with Crippen LogP contribution in [-0.2, 0) is 0 Å². The molecule has 2 heteroatoms. The summed E-state index contributed by atoms with van der Waals surface area (Å²) in [6, 6.07) is 0. The Balaban J connectivity index is 2.65. The number of aliphatic hydroxyl groups is 1. The minimum Gasteiger partial charge on any atom is -0.393 e. The van der Waals surface area contributed by atoms with Crippen molar-refractivity contribution in [3.05, 3.63) is 0 Å². The average molecular weight is 228 g/mol. The molecule has 1 N–H and O–H groups in total. The highest BCUT2D eigenvalue weighted by atomic mass is 28.3. The zero-order valence-electron chi connectivity index (χ0n) is 11.1. The lowest BCUT2D eigenvalue weighted by Crippen LogP contribution is -2.35. The second kappa shape index (κ2) is 5.01. The van der Waals surface area contributed by atoms with E-state index >= 15 is 0 Å². The fourth-order valence-electron chi connectivity index (χ4n) is 3.71. The minimum absolute atomic E-state index is 0.00398. The zero-order valence-corrected chi connectivity index (χ0v) is 12.2. The lowest BCUT2D eigenvalue weighted by atomic mass is 9.76. The van der Waals surface area contributed by atoms with Crippen molar-refractivity contribution in [2.75, 3.05) is 0 Å². The molecule has 0 spiro atoms. The molecule has 1 aliphatic rings. The standard InChI is InChI=1S/C13H28OSi/c1-13(2,3)12(15(4)5)10-6-8-11(14)9-7-10/h10-12,14-15H,6-9H2,1-5H3/t10-,11-,12?. The molecule has 1 saturated carbocycles. The molecule has 90 valence electrons. The SMILES string of the molecule is C[SiH](C)C([C@H]1CC[C@H](O)CC1)C(C)(C)C. The number of aliphatic hydroxyl groups excluding tert-OH is 1. The lowest BCUT2D eigenvalue weighted by Gasteiger charge is -2.42. The van der Waals surface area contributed by atoms with Gasteiger partial charge in [-0.05, 0) is 42.6 Å². The molecular formula is C13H28OSi. The van der Waals surface area contributed by atoms with Gasteiger partial charge >= 0.3 is 0 Å². The average Bonchev–Trinajstić information content (AvgIpc) is 2.05. The molecule has 15 heavy (non-hydrogen) atoms. The fraction of sp³-hybridized carbons (Fsp3) is 1.00. The highest BCUT2D eigenvalue weighted by molar-refractivity contribution is 6.57. The number of hydrogen-bond donors (Lipinski definition) is 1. The third kappa shape index (κ3) is 3.60. The first kappa shape index (κ1) is 13.2. The second-order valence-corrected chi connectivity index (χ2v) is 9.91. The quantitative estimate of drug-likeness (QED) is 0.718. The van der Waals surface area contributed by atoms with E-state index in [2.05, 4.69) is 33.9 Å². The van der Waals surface area contributed by atoms with Crippen molar-refractivity contribution in [1.82, 2.24) is 0 Å². The van der Waals surface area contributed by atoms with Crippen molar-refractivity contribution in [1.29, 1.82) is 0 Å². The van der Waals surface area contributed by atoms with Gasteiger partial charge in [0.2, 0.25) is 0 Å². The molecule has 0 aromatic carbocycles. The van der Waals surface area contributed by atoms with Crippen LogP contribution in [0.1, 0.15) is 46.5 Å². The summed E-state index contributed by atoms with van der Waals surface area (Å²) < 4.78 is 0. The Morgan fingerprint density at radius 3 is 1.87 bits per heavy atom. The second-order valence-electron chi connectivity index (χ2n) is 6.70. The van der Waals surface area contributed by atoms with Crippen LogP contribution in [0.4, 0.5) is 0 Å². The van der Waals surface area contributed by atoms with Gasteiger partial charge in [0.25, 0.3) is 0 Å². The Kier molecular flexibility index (Phi) is 4.42. The van der Waals surface area contributed by atoms with Crippen molar-refractivity contribution < 1.29 is 5.11 Å².